The highest BCUT2D eigenvalue weighted by Gasteiger charge is 2.42. The molecule has 1 aliphatic rings. The van der Waals surface area contributed by atoms with Gasteiger partial charge in [-0.3, -0.25) is 9.48 Å². The average molecular weight is 367 g/mol. The molecule has 6 nitrogen and oxygen atoms in total. The molecule has 3 heterocycles. The van der Waals surface area contributed by atoms with Crippen LogP contribution in [0.5, 0.6) is 0 Å². The van der Waals surface area contributed by atoms with E-state index in [4.69, 9.17) is 0 Å². The standard InChI is InChI=1S/C19H21N5OS/c1-14-22-17(13-26-14)15-3-5-16(6-4-15)23-18(25)19(7-10-20-11-8-19)24-12-2-9-21-24/h2-6,9,12-13,20H,7-8,10-11H2,1H3,(H,23,25). The van der Waals surface area contributed by atoms with E-state index in [2.05, 4.69) is 20.7 Å². The quantitative estimate of drug-likeness (QED) is 0.743. The fourth-order valence-electron chi connectivity index (χ4n) is 3.39. The smallest absolute Gasteiger partial charge is 0.252 e. The fraction of sp³-hybridized carbons (Fsp3) is 0.316. The molecule has 26 heavy (non-hydrogen) atoms. The molecule has 134 valence electrons. The highest BCUT2D eigenvalue weighted by atomic mass is 32.1. The zero-order valence-corrected chi connectivity index (χ0v) is 15.4. The number of hydrogen-bond acceptors (Lipinski definition) is 5. The maximum absolute atomic E-state index is 13.1. The Bertz CT molecular complexity index is 879. The third kappa shape index (κ3) is 3.15. The second-order valence-corrected chi connectivity index (χ2v) is 7.58. The van der Waals surface area contributed by atoms with Crippen LogP contribution in [0.25, 0.3) is 11.3 Å². The molecular weight excluding hydrogens is 346 g/mol. The lowest BCUT2D eigenvalue weighted by atomic mass is 9.87. The van der Waals surface area contributed by atoms with Gasteiger partial charge in [-0.2, -0.15) is 5.10 Å². The topological polar surface area (TPSA) is 71.8 Å². The van der Waals surface area contributed by atoms with E-state index in [0.717, 1.165) is 47.9 Å². The first-order valence-electron chi connectivity index (χ1n) is 8.72. The van der Waals surface area contributed by atoms with Gasteiger partial charge in [0.25, 0.3) is 5.91 Å². The van der Waals surface area contributed by atoms with E-state index in [1.165, 1.54) is 0 Å². The number of piperidine rings is 1. The summed E-state index contributed by atoms with van der Waals surface area (Å²) >= 11 is 1.63. The van der Waals surface area contributed by atoms with E-state index in [1.807, 2.05) is 48.8 Å². The van der Waals surface area contributed by atoms with E-state index in [0.29, 0.717) is 0 Å². The molecule has 1 aliphatic heterocycles. The van der Waals surface area contributed by atoms with Crippen LogP contribution in [-0.2, 0) is 10.3 Å². The minimum atomic E-state index is -0.639. The fourth-order valence-corrected chi connectivity index (χ4v) is 4.01. The zero-order valence-electron chi connectivity index (χ0n) is 14.6. The van der Waals surface area contributed by atoms with E-state index in [1.54, 1.807) is 22.2 Å². The normalized spacial score (nSPS) is 16.3. The van der Waals surface area contributed by atoms with Crippen LogP contribution < -0.4 is 10.6 Å². The molecule has 1 amide bonds. The molecule has 0 aliphatic carbocycles. The highest BCUT2D eigenvalue weighted by Crippen LogP contribution is 2.29. The van der Waals surface area contributed by atoms with Gasteiger partial charge in [0.05, 0.1) is 10.7 Å². The van der Waals surface area contributed by atoms with Crippen LogP contribution >= 0.6 is 11.3 Å². The summed E-state index contributed by atoms with van der Waals surface area (Å²) in [4.78, 5) is 17.6. The number of aromatic nitrogens is 3. The van der Waals surface area contributed by atoms with E-state index in [9.17, 15) is 4.79 Å². The van der Waals surface area contributed by atoms with Gasteiger partial charge in [0.2, 0.25) is 0 Å². The van der Waals surface area contributed by atoms with E-state index >= 15 is 0 Å². The molecule has 4 rings (SSSR count). The number of amides is 1. The molecule has 0 unspecified atom stereocenters. The monoisotopic (exact) mass is 367 g/mol. The first-order chi connectivity index (χ1) is 12.7. The molecule has 0 atom stereocenters. The summed E-state index contributed by atoms with van der Waals surface area (Å²) in [6.07, 6.45) is 5.04. The average Bonchev–Trinajstić information content (AvgIpc) is 3.35. The van der Waals surface area contributed by atoms with Crippen LogP contribution in [0, 0.1) is 6.92 Å². The van der Waals surface area contributed by atoms with E-state index < -0.39 is 5.54 Å². The number of thiazole rings is 1. The molecule has 0 bridgehead atoms. The molecule has 0 spiro atoms. The number of carbonyl (C=O) groups is 1. The summed E-state index contributed by atoms with van der Waals surface area (Å²) in [5.74, 6) is -0.0139. The lowest BCUT2D eigenvalue weighted by molar-refractivity contribution is -0.126. The number of rotatable bonds is 4. The molecular formula is C19H21N5OS. The number of nitrogens with zero attached hydrogens (tertiary/aromatic N) is 3. The molecule has 1 saturated heterocycles. The minimum Gasteiger partial charge on any atom is -0.324 e. The molecule has 1 fully saturated rings. The number of nitrogens with one attached hydrogen (secondary N) is 2. The molecule has 0 radical (unpaired) electrons. The SMILES string of the molecule is Cc1nc(-c2ccc(NC(=O)C3(n4cccn4)CCNCC3)cc2)cs1. The predicted molar refractivity (Wildman–Crippen MR) is 103 cm³/mol. The summed E-state index contributed by atoms with van der Waals surface area (Å²) < 4.78 is 1.80. The van der Waals surface area contributed by atoms with Gasteiger partial charge in [-0.15, -0.1) is 11.3 Å². The van der Waals surface area contributed by atoms with Crippen molar-refractivity contribution in [1.29, 1.82) is 0 Å². The van der Waals surface area contributed by atoms with Gasteiger partial charge in [-0.1, -0.05) is 12.1 Å². The van der Waals surface area contributed by atoms with Crippen LogP contribution in [0.15, 0.2) is 48.1 Å². The summed E-state index contributed by atoms with van der Waals surface area (Å²) in [6.45, 7) is 3.60. The highest BCUT2D eigenvalue weighted by molar-refractivity contribution is 7.09. The number of benzene rings is 1. The maximum atomic E-state index is 13.1. The zero-order chi connectivity index (χ0) is 18.0. The molecule has 0 saturated carbocycles. The molecule has 7 heteroatoms. The van der Waals surface area contributed by atoms with Crippen molar-refractivity contribution in [2.45, 2.75) is 25.3 Å². The second kappa shape index (κ2) is 7.01. The third-order valence-corrected chi connectivity index (χ3v) is 5.63. The van der Waals surface area contributed by atoms with Crippen LogP contribution in [0.1, 0.15) is 17.8 Å². The Balaban J connectivity index is 1.55. The van der Waals surface area contributed by atoms with Gasteiger partial charge in [0.1, 0.15) is 5.54 Å². The third-order valence-electron chi connectivity index (χ3n) is 4.85. The van der Waals surface area contributed by atoms with Gasteiger partial charge in [0, 0.05) is 29.0 Å². The Morgan fingerprint density at radius 2 is 2.04 bits per heavy atom. The van der Waals surface area contributed by atoms with Gasteiger partial charge in [-0.25, -0.2) is 4.98 Å². The summed E-state index contributed by atoms with van der Waals surface area (Å²) in [5, 5.41) is 13.8. The first-order valence-corrected chi connectivity index (χ1v) is 9.60. The second-order valence-electron chi connectivity index (χ2n) is 6.52. The van der Waals surface area contributed by atoms with Gasteiger partial charge in [0.15, 0.2) is 0 Å². The van der Waals surface area contributed by atoms with Gasteiger partial charge < -0.3 is 10.6 Å². The van der Waals surface area contributed by atoms with Crippen LogP contribution in [-0.4, -0.2) is 33.8 Å². The van der Waals surface area contributed by atoms with Crippen molar-refractivity contribution in [2.75, 3.05) is 18.4 Å². The summed E-state index contributed by atoms with van der Waals surface area (Å²) in [5.41, 5.74) is 2.17. The minimum absolute atomic E-state index is 0.0139. The summed E-state index contributed by atoms with van der Waals surface area (Å²) in [7, 11) is 0. The Morgan fingerprint density at radius 3 is 2.65 bits per heavy atom. The number of hydrogen-bond donors (Lipinski definition) is 2. The van der Waals surface area contributed by atoms with Crippen molar-refractivity contribution in [2.24, 2.45) is 0 Å². The summed E-state index contributed by atoms with van der Waals surface area (Å²) in [6, 6.07) is 9.71. The Morgan fingerprint density at radius 1 is 1.27 bits per heavy atom. The van der Waals surface area contributed by atoms with Crippen molar-refractivity contribution in [3.8, 4) is 11.3 Å². The number of carbonyl (C=O) groups excluding carboxylic acids is 1. The Kier molecular flexibility index (Phi) is 4.57. The molecule has 3 aromatic rings. The van der Waals surface area contributed by atoms with Crippen LogP contribution in [0.3, 0.4) is 0 Å². The van der Waals surface area contributed by atoms with Crippen molar-refractivity contribution in [1.82, 2.24) is 20.1 Å². The van der Waals surface area contributed by atoms with Crippen molar-refractivity contribution < 1.29 is 4.79 Å². The van der Waals surface area contributed by atoms with Crippen molar-refractivity contribution in [3.05, 3.63) is 53.1 Å². The van der Waals surface area contributed by atoms with Crippen molar-refractivity contribution >= 4 is 22.9 Å². The predicted octanol–water partition coefficient (Wildman–Crippen LogP) is 3.03. The Hall–Kier alpha value is -2.51. The van der Waals surface area contributed by atoms with Crippen molar-refractivity contribution in [3.63, 3.8) is 0 Å². The van der Waals surface area contributed by atoms with Gasteiger partial charge >= 0.3 is 0 Å². The maximum Gasteiger partial charge on any atom is 0.252 e. The molecule has 1 aromatic carbocycles. The van der Waals surface area contributed by atoms with E-state index in [-0.39, 0.29) is 5.91 Å². The first kappa shape index (κ1) is 16.9. The largest absolute Gasteiger partial charge is 0.324 e. The molecule has 2 N–H and O–H groups in total. The molecule has 2 aromatic heterocycles. The Labute approximate surface area is 156 Å². The lowest BCUT2D eigenvalue weighted by Gasteiger charge is -2.36. The van der Waals surface area contributed by atoms with Gasteiger partial charge in [-0.05, 0) is 51.1 Å². The number of aryl methyl sites for hydroxylation is 1. The lowest BCUT2D eigenvalue weighted by Crippen LogP contribution is -2.52. The van der Waals surface area contributed by atoms with Crippen LogP contribution in [0.4, 0.5) is 5.69 Å². The van der Waals surface area contributed by atoms with Crippen LogP contribution in [0.2, 0.25) is 0 Å². The number of anilines is 1.